The summed E-state index contributed by atoms with van der Waals surface area (Å²) >= 11 is 0. The Balaban J connectivity index is 1.47. The highest BCUT2D eigenvalue weighted by atomic mass is 16.5. The van der Waals surface area contributed by atoms with Crippen molar-refractivity contribution in [2.75, 3.05) is 70.1 Å². The maximum Gasteiger partial charge on any atom is 0.203 e. The summed E-state index contributed by atoms with van der Waals surface area (Å²) in [6, 6.07) is 19.1. The monoisotopic (exact) mass is 750 g/mol. The van der Waals surface area contributed by atoms with E-state index in [-0.39, 0.29) is 38.3 Å². The van der Waals surface area contributed by atoms with Gasteiger partial charge >= 0.3 is 0 Å². The lowest BCUT2D eigenvalue weighted by molar-refractivity contribution is 0.158. The van der Waals surface area contributed by atoms with Gasteiger partial charge in [0.2, 0.25) is 11.5 Å². The van der Waals surface area contributed by atoms with E-state index >= 15 is 0 Å². The van der Waals surface area contributed by atoms with Crippen LogP contribution in [-0.2, 0) is 26.1 Å². The van der Waals surface area contributed by atoms with Crippen molar-refractivity contribution in [1.29, 1.82) is 0 Å². The summed E-state index contributed by atoms with van der Waals surface area (Å²) in [6.07, 6.45) is 2.62. The molecule has 0 radical (unpaired) electrons. The van der Waals surface area contributed by atoms with Gasteiger partial charge in [-0.3, -0.25) is 0 Å². The van der Waals surface area contributed by atoms with Gasteiger partial charge < -0.3 is 57.6 Å². The van der Waals surface area contributed by atoms with Crippen LogP contribution in [0.3, 0.4) is 0 Å². The molecular weight excluding hydrogens is 696 g/mol. The predicted octanol–water partition coefficient (Wildman–Crippen LogP) is 6.70. The van der Waals surface area contributed by atoms with E-state index in [0.29, 0.717) is 76.8 Å². The molecule has 4 aromatic carbocycles. The van der Waals surface area contributed by atoms with Gasteiger partial charge in [-0.1, -0.05) is 12.1 Å². The van der Waals surface area contributed by atoms with Crippen molar-refractivity contribution in [2.24, 2.45) is 11.8 Å². The highest BCUT2D eigenvalue weighted by Gasteiger charge is 2.24. The number of aliphatic hydroxyl groups is 2. The minimum Gasteiger partial charge on any atom is -0.493 e. The number of benzene rings is 4. The van der Waals surface area contributed by atoms with Crippen LogP contribution in [-0.4, -0.2) is 80.3 Å². The van der Waals surface area contributed by atoms with E-state index in [4.69, 9.17) is 47.4 Å². The van der Waals surface area contributed by atoms with Gasteiger partial charge in [-0.15, -0.1) is 0 Å². The van der Waals surface area contributed by atoms with Crippen molar-refractivity contribution in [1.82, 2.24) is 0 Å². The second-order valence-electron chi connectivity index (χ2n) is 12.6. The summed E-state index contributed by atoms with van der Waals surface area (Å²) in [7, 11) is 12.6. The molecule has 54 heavy (non-hydrogen) atoms. The van der Waals surface area contributed by atoms with E-state index in [1.807, 2.05) is 60.7 Å². The Morgan fingerprint density at radius 3 is 1.13 bits per heavy atom. The molecule has 2 N–H and O–H groups in total. The van der Waals surface area contributed by atoms with Crippen LogP contribution in [0.4, 0.5) is 0 Å². The van der Waals surface area contributed by atoms with E-state index in [1.54, 1.807) is 56.9 Å². The number of ether oxygens (including phenoxy) is 10. The van der Waals surface area contributed by atoms with Crippen molar-refractivity contribution in [3.05, 3.63) is 82.9 Å². The molecule has 0 amide bonds. The normalized spacial score (nSPS) is 12.0. The lowest BCUT2D eigenvalue weighted by Crippen LogP contribution is -2.23. The highest BCUT2D eigenvalue weighted by Crippen LogP contribution is 2.41. The van der Waals surface area contributed by atoms with Crippen LogP contribution >= 0.6 is 0 Å². The van der Waals surface area contributed by atoms with E-state index < -0.39 is 0 Å². The molecule has 0 bridgehead atoms. The topological polar surface area (TPSA) is 133 Å². The second-order valence-corrected chi connectivity index (χ2v) is 12.6. The van der Waals surface area contributed by atoms with Crippen LogP contribution in [0, 0.1) is 11.8 Å². The molecule has 4 rings (SSSR count). The fourth-order valence-corrected chi connectivity index (χ4v) is 6.52. The van der Waals surface area contributed by atoms with Crippen molar-refractivity contribution in [2.45, 2.75) is 38.9 Å². The van der Waals surface area contributed by atoms with Gasteiger partial charge in [0.05, 0.1) is 56.9 Å². The first-order valence-electron chi connectivity index (χ1n) is 17.7. The number of methoxy groups -OCH3 is 8. The molecule has 0 heterocycles. The van der Waals surface area contributed by atoms with Crippen molar-refractivity contribution < 1.29 is 57.6 Å². The van der Waals surface area contributed by atoms with Crippen LogP contribution in [0.1, 0.15) is 35.1 Å². The third kappa shape index (κ3) is 10.5. The van der Waals surface area contributed by atoms with Crippen molar-refractivity contribution in [3.8, 4) is 57.5 Å². The first-order chi connectivity index (χ1) is 26.3. The quantitative estimate of drug-likeness (QED) is 0.0837. The first kappa shape index (κ1) is 41.6. The zero-order valence-electron chi connectivity index (χ0n) is 32.6. The van der Waals surface area contributed by atoms with Crippen LogP contribution in [0.2, 0.25) is 0 Å². The molecule has 12 nitrogen and oxygen atoms in total. The maximum atomic E-state index is 10.7. The summed E-state index contributed by atoms with van der Waals surface area (Å²) in [4.78, 5) is 0. The molecule has 12 heteroatoms. The smallest absolute Gasteiger partial charge is 0.203 e. The lowest BCUT2D eigenvalue weighted by Gasteiger charge is -2.27. The van der Waals surface area contributed by atoms with Gasteiger partial charge in [-0.05, 0) is 108 Å². The average Bonchev–Trinajstić information content (AvgIpc) is 3.21. The van der Waals surface area contributed by atoms with E-state index in [1.165, 1.54) is 0 Å². The molecule has 2 atom stereocenters. The van der Waals surface area contributed by atoms with E-state index in [9.17, 15) is 10.2 Å². The predicted molar refractivity (Wildman–Crippen MR) is 205 cm³/mol. The Morgan fingerprint density at radius 2 is 0.796 bits per heavy atom. The van der Waals surface area contributed by atoms with E-state index in [2.05, 4.69) is 0 Å². The van der Waals surface area contributed by atoms with Crippen molar-refractivity contribution >= 4 is 0 Å². The number of hydrogen-bond acceptors (Lipinski definition) is 12. The molecule has 4 aromatic rings. The largest absolute Gasteiger partial charge is 0.493 e. The van der Waals surface area contributed by atoms with Gasteiger partial charge in [0.15, 0.2) is 46.0 Å². The number of aliphatic hydroxyl groups excluding tert-OH is 2. The van der Waals surface area contributed by atoms with Crippen LogP contribution in [0.5, 0.6) is 57.5 Å². The summed E-state index contributed by atoms with van der Waals surface area (Å²) in [5.41, 5.74) is 3.69. The Hall–Kier alpha value is -5.20. The SMILES string of the molecule is COc1cc(C[C@H](CO)[C@@H](CCCO)Cc2ccc(OCc3cc(OC)c(OC)c(OC)c3)c(OC)c2)ccc1OCc1cc(OC)c(OC)c(OC)c1. The Morgan fingerprint density at radius 1 is 0.426 bits per heavy atom. The zero-order chi connectivity index (χ0) is 39.0. The average molecular weight is 751 g/mol. The third-order valence-electron chi connectivity index (χ3n) is 9.32. The molecule has 0 unspecified atom stereocenters. The molecule has 0 aromatic heterocycles. The summed E-state index contributed by atoms with van der Waals surface area (Å²) in [6.45, 7) is 0.534. The maximum absolute atomic E-state index is 10.7. The van der Waals surface area contributed by atoms with Crippen LogP contribution < -0.4 is 47.4 Å². The Bertz CT molecular complexity index is 1720. The van der Waals surface area contributed by atoms with Crippen molar-refractivity contribution in [3.63, 3.8) is 0 Å². The second kappa shape index (κ2) is 20.9. The summed E-state index contributed by atoms with van der Waals surface area (Å²) < 4.78 is 56.6. The molecule has 0 spiro atoms. The number of hydrogen-bond donors (Lipinski definition) is 2. The Kier molecular flexibility index (Phi) is 16.1. The molecular formula is C42H54O12. The third-order valence-corrected chi connectivity index (χ3v) is 9.32. The minimum atomic E-state index is -0.0887. The van der Waals surface area contributed by atoms with Gasteiger partial charge in [0.25, 0.3) is 0 Å². The van der Waals surface area contributed by atoms with Crippen LogP contribution in [0.25, 0.3) is 0 Å². The molecule has 0 aliphatic rings. The fraction of sp³-hybridized carbons (Fsp3) is 0.429. The fourth-order valence-electron chi connectivity index (χ4n) is 6.52. The molecule has 294 valence electrons. The standard InChI is InChI=1S/C42H54O12/c1-45-35-18-27(11-13-33(35)53-25-29-20-37(47-3)41(51-7)38(21-29)48-4)16-31(10-9-15-43)32(24-44)17-28-12-14-34(36(19-28)46-2)54-26-30-22-39(49-5)42(52-8)40(23-30)50-6/h11-14,18-23,31-32,43-44H,9-10,15-17,24-26H2,1-8H3/t31-,32+/m0/s1. The zero-order valence-corrected chi connectivity index (χ0v) is 32.6. The summed E-state index contributed by atoms with van der Waals surface area (Å²) in [5.74, 6) is 5.50. The van der Waals surface area contributed by atoms with Crippen LogP contribution in [0.15, 0.2) is 60.7 Å². The molecule has 0 aliphatic heterocycles. The molecule has 0 fully saturated rings. The van der Waals surface area contributed by atoms with Gasteiger partial charge in [0, 0.05) is 13.2 Å². The van der Waals surface area contributed by atoms with Gasteiger partial charge in [-0.2, -0.15) is 0 Å². The highest BCUT2D eigenvalue weighted by molar-refractivity contribution is 5.55. The first-order valence-corrected chi connectivity index (χ1v) is 17.7. The lowest BCUT2D eigenvalue weighted by atomic mass is 9.80. The van der Waals surface area contributed by atoms with E-state index in [0.717, 1.165) is 28.7 Å². The summed E-state index contributed by atoms with van der Waals surface area (Å²) in [5, 5.41) is 20.4. The molecule has 0 aliphatic carbocycles. The number of rotatable bonds is 23. The van der Waals surface area contributed by atoms with Gasteiger partial charge in [0.1, 0.15) is 13.2 Å². The molecule has 0 saturated carbocycles. The Labute approximate surface area is 318 Å². The minimum absolute atomic E-state index is 0.0229. The van der Waals surface area contributed by atoms with Gasteiger partial charge in [-0.25, -0.2) is 0 Å². The molecule has 0 saturated heterocycles.